The number of aromatic carboxylic acids is 1. The van der Waals surface area contributed by atoms with Gasteiger partial charge in [0, 0.05) is 0 Å². The number of hydrogen-bond acceptors (Lipinski definition) is 3. The van der Waals surface area contributed by atoms with E-state index in [0.29, 0.717) is 11.5 Å². The highest BCUT2D eigenvalue weighted by molar-refractivity contribution is 5.91. The van der Waals surface area contributed by atoms with Crippen molar-refractivity contribution in [3.8, 4) is 17.2 Å². The third-order valence-corrected chi connectivity index (χ3v) is 2.67. The molecule has 1 N–H and O–H groups in total. The van der Waals surface area contributed by atoms with Gasteiger partial charge in [0.25, 0.3) is 0 Å². The molecule has 0 aromatic heterocycles. The predicted molar refractivity (Wildman–Crippen MR) is 71.2 cm³/mol. The first kappa shape index (κ1) is 13.0. The quantitative estimate of drug-likeness (QED) is 0.912. The lowest BCUT2D eigenvalue weighted by Gasteiger charge is -2.10. The molecule has 0 atom stereocenters. The number of benzene rings is 2. The van der Waals surface area contributed by atoms with Crippen LogP contribution in [0.4, 0.5) is 0 Å². The topological polar surface area (TPSA) is 55.8 Å². The Kier molecular flexibility index (Phi) is 3.71. The van der Waals surface area contributed by atoms with Gasteiger partial charge in [-0.2, -0.15) is 0 Å². The fourth-order valence-electron chi connectivity index (χ4n) is 1.63. The number of carboxylic acids is 1. The Balaban J connectivity index is 2.33. The molecule has 0 aliphatic rings. The molecule has 0 saturated carbocycles. The maximum absolute atomic E-state index is 11.2. The van der Waals surface area contributed by atoms with Crippen molar-refractivity contribution in [2.75, 3.05) is 7.11 Å². The largest absolute Gasteiger partial charge is 0.497 e. The third-order valence-electron chi connectivity index (χ3n) is 2.67. The fraction of sp³-hybridized carbons (Fsp3) is 0.133. The van der Waals surface area contributed by atoms with Crippen LogP contribution in [0.25, 0.3) is 0 Å². The van der Waals surface area contributed by atoms with E-state index < -0.39 is 5.97 Å². The Morgan fingerprint density at radius 2 is 1.68 bits per heavy atom. The van der Waals surface area contributed by atoms with E-state index in [-0.39, 0.29) is 11.3 Å². The Labute approximate surface area is 111 Å². The predicted octanol–water partition coefficient (Wildman–Crippen LogP) is 3.49. The molecule has 0 heterocycles. The van der Waals surface area contributed by atoms with Crippen molar-refractivity contribution in [2.45, 2.75) is 6.92 Å². The normalized spacial score (nSPS) is 10.0. The molecule has 2 aromatic carbocycles. The standard InChI is InChI=1S/C15H14O4/c1-10-3-5-11(6-4-10)19-14-8-7-12(18-2)9-13(14)15(16)17/h3-9H,1-2H3,(H,16,17). The maximum atomic E-state index is 11.2. The first-order valence-corrected chi connectivity index (χ1v) is 5.76. The molecule has 0 aliphatic heterocycles. The van der Waals surface area contributed by atoms with E-state index in [1.54, 1.807) is 24.3 Å². The highest BCUT2D eigenvalue weighted by Crippen LogP contribution is 2.28. The number of hydrogen-bond donors (Lipinski definition) is 1. The Morgan fingerprint density at radius 1 is 1.05 bits per heavy atom. The summed E-state index contributed by atoms with van der Waals surface area (Å²) in [6.07, 6.45) is 0. The zero-order valence-electron chi connectivity index (χ0n) is 10.7. The molecule has 0 radical (unpaired) electrons. The summed E-state index contributed by atoms with van der Waals surface area (Å²) in [5.74, 6) is 0.310. The zero-order valence-corrected chi connectivity index (χ0v) is 10.7. The van der Waals surface area contributed by atoms with E-state index in [0.717, 1.165) is 5.56 Å². The van der Waals surface area contributed by atoms with Crippen molar-refractivity contribution in [3.05, 3.63) is 53.6 Å². The number of ether oxygens (including phenoxy) is 2. The number of carboxylic acid groups (broad SMARTS) is 1. The zero-order chi connectivity index (χ0) is 13.8. The summed E-state index contributed by atoms with van der Waals surface area (Å²) in [7, 11) is 1.49. The van der Waals surface area contributed by atoms with Crippen LogP contribution < -0.4 is 9.47 Å². The van der Waals surface area contributed by atoms with Gasteiger partial charge in [0.2, 0.25) is 0 Å². The van der Waals surface area contributed by atoms with Crippen LogP contribution in [0.15, 0.2) is 42.5 Å². The summed E-state index contributed by atoms with van der Waals surface area (Å²) in [6.45, 7) is 1.97. The van der Waals surface area contributed by atoms with Gasteiger partial charge in [0.05, 0.1) is 7.11 Å². The summed E-state index contributed by atoms with van der Waals surface area (Å²) in [4.78, 5) is 11.2. The van der Waals surface area contributed by atoms with E-state index in [4.69, 9.17) is 9.47 Å². The lowest BCUT2D eigenvalue weighted by molar-refractivity contribution is 0.0693. The van der Waals surface area contributed by atoms with Gasteiger partial charge in [-0.25, -0.2) is 4.79 Å². The molecular weight excluding hydrogens is 244 g/mol. The smallest absolute Gasteiger partial charge is 0.339 e. The minimum absolute atomic E-state index is 0.0694. The highest BCUT2D eigenvalue weighted by atomic mass is 16.5. The van der Waals surface area contributed by atoms with Crippen LogP contribution in [0, 0.1) is 6.92 Å². The fourth-order valence-corrected chi connectivity index (χ4v) is 1.63. The average molecular weight is 258 g/mol. The van der Waals surface area contributed by atoms with Crippen molar-refractivity contribution in [1.29, 1.82) is 0 Å². The molecule has 2 aromatic rings. The minimum atomic E-state index is -1.05. The van der Waals surface area contributed by atoms with Gasteiger partial charge >= 0.3 is 5.97 Å². The summed E-state index contributed by atoms with van der Waals surface area (Å²) < 4.78 is 10.6. The van der Waals surface area contributed by atoms with Gasteiger partial charge in [-0.05, 0) is 37.3 Å². The molecule has 0 spiro atoms. The third kappa shape index (κ3) is 3.04. The molecule has 0 aliphatic carbocycles. The van der Waals surface area contributed by atoms with Crippen molar-refractivity contribution in [3.63, 3.8) is 0 Å². The molecular formula is C15H14O4. The molecule has 4 nitrogen and oxygen atoms in total. The number of methoxy groups -OCH3 is 1. The number of aryl methyl sites for hydroxylation is 1. The number of rotatable bonds is 4. The van der Waals surface area contributed by atoms with Crippen LogP contribution in [-0.4, -0.2) is 18.2 Å². The van der Waals surface area contributed by atoms with Crippen LogP contribution in [0.3, 0.4) is 0 Å². The van der Waals surface area contributed by atoms with Gasteiger partial charge < -0.3 is 14.6 Å². The SMILES string of the molecule is COc1ccc(Oc2ccc(C)cc2)c(C(=O)O)c1. The van der Waals surface area contributed by atoms with Crippen molar-refractivity contribution < 1.29 is 19.4 Å². The summed E-state index contributed by atoms with van der Waals surface area (Å²) >= 11 is 0. The molecule has 0 unspecified atom stereocenters. The summed E-state index contributed by atoms with van der Waals surface area (Å²) in [6, 6.07) is 12.1. The van der Waals surface area contributed by atoms with Crippen LogP contribution in [-0.2, 0) is 0 Å². The van der Waals surface area contributed by atoms with Gasteiger partial charge in [-0.1, -0.05) is 17.7 Å². The highest BCUT2D eigenvalue weighted by Gasteiger charge is 2.13. The second-order valence-electron chi connectivity index (χ2n) is 4.08. The van der Waals surface area contributed by atoms with Crippen LogP contribution in [0.2, 0.25) is 0 Å². The van der Waals surface area contributed by atoms with E-state index in [1.165, 1.54) is 13.2 Å². The molecule has 0 bridgehead atoms. The second-order valence-corrected chi connectivity index (χ2v) is 4.08. The van der Waals surface area contributed by atoms with E-state index >= 15 is 0 Å². The van der Waals surface area contributed by atoms with Gasteiger partial charge in [-0.15, -0.1) is 0 Å². The van der Waals surface area contributed by atoms with E-state index in [9.17, 15) is 9.90 Å². The molecule has 98 valence electrons. The first-order chi connectivity index (χ1) is 9.10. The van der Waals surface area contributed by atoms with Crippen LogP contribution in [0.1, 0.15) is 15.9 Å². The second kappa shape index (κ2) is 5.44. The van der Waals surface area contributed by atoms with E-state index in [1.807, 2.05) is 19.1 Å². The van der Waals surface area contributed by atoms with Crippen LogP contribution in [0.5, 0.6) is 17.2 Å². The minimum Gasteiger partial charge on any atom is -0.497 e. The molecule has 0 fully saturated rings. The van der Waals surface area contributed by atoms with Gasteiger partial charge in [0.15, 0.2) is 0 Å². The average Bonchev–Trinajstić information content (AvgIpc) is 2.41. The Morgan fingerprint density at radius 3 is 2.26 bits per heavy atom. The molecule has 19 heavy (non-hydrogen) atoms. The molecule has 2 rings (SSSR count). The Bertz CT molecular complexity index is 588. The lowest BCUT2D eigenvalue weighted by atomic mass is 10.2. The number of carbonyl (C=O) groups is 1. The van der Waals surface area contributed by atoms with Crippen molar-refractivity contribution in [2.24, 2.45) is 0 Å². The first-order valence-electron chi connectivity index (χ1n) is 5.76. The van der Waals surface area contributed by atoms with Gasteiger partial charge in [-0.3, -0.25) is 0 Å². The van der Waals surface area contributed by atoms with Gasteiger partial charge in [0.1, 0.15) is 22.8 Å². The lowest BCUT2D eigenvalue weighted by Crippen LogP contribution is -2.00. The summed E-state index contributed by atoms with van der Waals surface area (Å²) in [5, 5.41) is 9.17. The molecule has 0 saturated heterocycles. The molecule has 0 amide bonds. The van der Waals surface area contributed by atoms with Crippen LogP contribution >= 0.6 is 0 Å². The Hall–Kier alpha value is -2.49. The molecule has 4 heteroatoms. The monoisotopic (exact) mass is 258 g/mol. The van der Waals surface area contributed by atoms with E-state index in [2.05, 4.69) is 0 Å². The maximum Gasteiger partial charge on any atom is 0.339 e. The summed E-state index contributed by atoms with van der Waals surface area (Å²) in [5.41, 5.74) is 1.18. The van der Waals surface area contributed by atoms with Crippen molar-refractivity contribution >= 4 is 5.97 Å². The van der Waals surface area contributed by atoms with Crippen molar-refractivity contribution in [1.82, 2.24) is 0 Å².